The van der Waals surface area contributed by atoms with Crippen molar-refractivity contribution in [2.45, 2.75) is 103 Å². The summed E-state index contributed by atoms with van der Waals surface area (Å²) in [6.45, 7) is 3.79. The summed E-state index contributed by atoms with van der Waals surface area (Å²) in [5, 5.41) is 0. The third-order valence-electron chi connectivity index (χ3n) is 4.89. The summed E-state index contributed by atoms with van der Waals surface area (Å²) < 4.78 is 10.5. The number of hydrogen-bond acceptors (Lipinski definition) is 5. The molecule has 0 bridgehead atoms. The highest BCUT2D eigenvalue weighted by Crippen LogP contribution is 2.10. The van der Waals surface area contributed by atoms with Crippen LogP contribution in [-0.2, 0) is 24.0 Å². The second kappa shape index (κ2) is 19.4. The average molecular weight is 399 g/mol. The zero-order chi connectivity index (χ0) is 20.1. The van der Waals surface area contributed by atoms with Crippen molar-refractivity contribution in [3.63, 3.8) is 0 Å². The fourth-order valence-electron chi connectivity index (χ4n) is 3.15. The Kier molecular flexibility index (Phi) is 17.4. The van der Waals surface area contributed by atoms with E-state index in [9.17, 15) is 4.79 Å². The number of carbonyl (C=O) groups excluding carboxylic acids is 1. The predicted molar refractivity (Wildman–Crippen MR) is 112 cm³/mol. The Morgan fingerprint density at radius 1 is 0.893 bits per heavy atom. The molecule has 5 nitrogen and oxygen atoms in total. The Hall–Kier alpha value is -0.910. The van der Waals surface area contributed by atoms with Crippen molar-refractivity contribution >= 4 is 5.97 Å². The second-order valence-electron chi connectivity index (χ2n) is 7.63. The highest BCUT2D eigenvalue weighted by Gasteiger charge is 2.16. The first-order chi connectivity index (χ1) is 13.8. The molecule has 1 fully saturated rings. The summed E-state index contributed by atoms with van der Waals surface area (Å²) in [5.41, 5.74) is 0. The van der Waals surface area contributed by atoms with Gasteiger partial charge < -0.3 is 9.47 Å². The molecular weight excluding hydrogens is 356 g/mol. The van der Waals surface area contributed by atoms with Crippen molar-refractivity contribution in [3.05, 3.63) is 12.2 Å². The molecule has 164 valence electrons. The van der Waals surface area contributed by atoms with Crippen molar-refractivity contribution in [1.29, 1.82) is 0 Å². The van der Waals surface area contributed by atoms with Crippen LogP contribution >= 0.6 is 0 Å². The van der Waals surface area contributed by atoms with E-state index in [4.69, 9.17) is 19.2 Å². The molecule has 1 unspecified atom stereocenters. The molecular formula is C23H42O5. The first-order valence-corrected chi connectivity index (χ1v) is 11.5. The Bertz CT molecular complexity index is 375. The second-order valence-corrected chi connectivity index (χ2v) is 7.63. The lowest BCUT2D eigenvalue weighted by molar-refractivity contribution is -0.319. The minimum Gasteiger partial charge on any atom is -0.463 e. The van der Waals surface area contributed by atoms with Crippen molar-refractivity contribution < 1.29 is 24.0 Å². The predicted octanol–water partition coefficient (Wildman–Crippen LogP) is 5.91. The Morgan fingerprint density at radius 2 is 1.54 bits per heavy atom. The first kappa shape index (κ1) is 25.1. The average Bonchev–Trinajstić information content (AvgIpc) is 2.98. The number of ether oxygens (including phenoxy) is 2. The van der Waals surface area contributed by atoms with Crippen LogP contribution in [0.25, 0.3) is 0 Å². The van der Waals surface area contributed by atoms with Crippen LogP contribution in [0.15, 0.2) is 12.2 Å². The lowest BCUT2D eigenvalue weighted by Gasteiger charge is -2.12. The summed E-state index contributed by atoms with van der Waals surface area (Å²) in [5.74, 6) is -0.162. The molecule has 0 aromatic rings. The van der Waals surface area contributed by atoms with Gasteiger partial charge in [-0.05, 0) is 32.1 Å². The molecule has 1 aliphatic heterocycles. The van der Waals surface area contributed by atoms with Gasteiger partial charge in [-0.1, -0.05) is 70.4 Å². The zero-order valence-corrected chi connectivity index (χ0v) is 18.0. The topological polar surface area (TPSA) is 54.0 Å². The molecule has 1 saturated heterocycles. The maximum Gasteiger partial charge on any atom is 0.305 e. The normalized spacial score (nSPS) is 17.7. The van der Waals surface area contributed by atoms with E-state index in [0.717, 1.165) is 12.8 Å². The summed E-state index contributed by atoms with van der Waals surface area (Å²) in [4.78, 5) is 21.7. The smallest absolute Gasteiger partial charge is 0.305 e. The van der Waals surface area contributed by atoms with E-state index >= 15 is 0 Å². The maximum absolute atomic E-state index is 11.7. The molecule has 1 rings (SSSR count). The molecule has 28 heavy (non-hydrogen) atoms. The van der Waals surface area contributed by atoms with Gasteiger partial charge in [-0.2, -0.15) is 0 Å². The highest BCUT2D eigenvalue weighted by molar-refractivity contribution is 5.69. The molecule has 0 aromatic heterocycles. The number of unbranched alkanes of at least 4 members (excludes halogenated alkanes) is 11. The summed E-state index contributed by atoms with van der Waals surface area (Å²) in [6, 6.07) is 0. The quantitative estimate of drug-likeness (QED) is 0.132. The van der Waals surface area contributed by atoms with Gasteiger partial charge in [0.2, 0.25) is 0 Å². The van der Waals surface area contributed by atoms with Crippen LogP contribution in [0, 0.1) is 0 Å². The standard InChI is InChI=1S/C23H42O5/c1-2-3-4-5-6-7-8-9-10-11-12-13-14-15-16-17-23(24)26-21-22-20-25-18-19-27-28-22/h9-10,22H,2-8,11-21H2,1H3. The minimum atomic E-state index is -0.319. The molecule has 1 heterocycles. The monoisotopic (exact) mass is 398 g/mol. The van der Waals surface area contributed by atoms with Crippen LogP contribution in [0.3, 0.4) is 0 Å². The van der Waals surface area contributed by atoms with Crippen molar-refractivity contribution in [1.82, 2.24) is 0 Å². The van der Waals surface area contributed by atoms with E-state index in [-0.39, 0.29) is 18.7 Å². The lowest BCUT2D eigenvalue weighted by atomic mass is 10.1. The third-order valence-corrected chi connectivity index (χ3v) is 4.89. The molecule has 5 heteroatoms. The lowest BCUT2D eigenvalue weighted by Crippen LogP contribution is -2.25. The third kappa shape index (κ3) is 16.1. The van der Waals surface area contributed by atoms with Crippen LogP contribution in [0.1, 0.15) is 96.8 Å². The summed E-state index contributed by atoms with van der Waals surface area (Å²) >= 11 is 0. The molecule has 0 spiro atoms. The fourth-order valence-corrected chi connectivity index (χ4v) is 3.15. The van der Waals surface area contributed by atoms with E-state index in [2.05, 4.69) is 19.1 Å². The zero-order valence-electron chi connectivity index (χ0n) is 18.0. The van der Waals surface area contributed by atoms with Gasteiger partial charge in [-0.15, -0.1) is 0 Å². The van der Waals surface area contributed by atoms with E-state index in [0.29, 0.717) is 26.2 Å². The van der Waals surface area contributed by atoms with Crippen LogP contribution in [-0.4, -0.2) is 38.5 Å². The van der Waals surface area contributed by atoms with E-state index in [1.54, 1.807) is 0 Å². The van der Waals surface area contributed by atoms with Gasteiger partial charge >= 0.3 is 5.97 Å². The van der Waals surface area contributed by atoms with Gasteiger partial charge in [0.25, 0.3) is 0 Å². The molecule has 0 saturated carbocycles. The molecule has 1 aliphatic rings. The molecule has 0 aromatic carbocycles. The van der Waals surface area contributed by atoms with Crippen LogP contribution < -0.4 is 0 Å². The van der Waals surface area contributed by atoms with Crippen LogP contribution in [0.5, 0.6) is 0 Å². The summed E-state index contributed by atoms with van der Waals surface area (Å²) in [6.07, 6.45) is 21.1. The number of esters is 1. The van der Waals surface area contributed by atoms with Crippen molar-refractivity contribution in [2.75, 3.05) is 26.4 Å². The largest absolute Gasteiger partial charge is 0.463 e. The number of carbonyl (C=O) groups is 1. The maximum atomic E-state index is 11.7. The van der Waals surface area contributed by atoms with Gasteiger partial charge in [-0.25, -0.2) is 9.78 Å². The molecule has 0 amide bonds. The Labute approximate surface area is 172 Å². The van der Waals surface area contributed by atoms with E-state index in [1.807, 2.05) is 0 Å². The van der Waals surface area contributed by atoms with Gasteiger partial charge in [-0.3, -0.25) is 4.79 Å². The molecule has 0 radical (unpaired) electrons. The van der Waals surface area contributed by atoms with Gasteiger partial charge in [0.1, 0.15) is 13.2 Å². The van der Waals surface area contributed by atoms with E-state index < -0.39 is 0 Å². The summed E-state index contributed by atoms with van der Waals surface area (Å²) in [7, 11) is 0. The minimum absolute atomic E-state index is 0.162. The Balaban J connectivity index is 1.80. The van der Waals surface area contributed by atoms with Gasteiger partial charge in [0.15, 0.2) is 6.10 Å². The number of rotatable bonds is 17. The Morgan fingerprint density at radius 3 is 2.25 bits per heavy atom. The first-order valence-electron chi connectivity index (χ1n) is 11.5. The van der Waals surface area contributed by atoms with Gasteiger partial charge in [0, 0.05) is 6.42 Å². The van der Waals surface area contributed by atoms with Crippen molar-refractivity contribution in [3.8, 4) is 0 Å². The number of hydrogen-bond donors (Lipinski definition) is 0. The SMILES string of the molecule is CCCCCCCCC=CCCCCCCCC(=O)OCC1COCCOO1. The molecule has 1 atom stereocenters. The number of allylic oxidation sites excluding steroid dienone is 2. The molecule has 0 aliphatic carbocycles. The van der Waals surface area contributed by atoms with Crippen LogP contribution in [0.4, 0.5) is 0 Å². The van der Waals surface area contributed by atoms with Gasteiger partial charge in [0.05, 0.1) is 13.2 Å². The highest BCUT2D eigenvalue weighted by atomic mass is 17.2. The van der Waals surface area contributed by atoms with E-state index in [1.165, 1.54) is 70.6 Å². The van der Waals surface area contributed by atoms with Crippen molar-refractivity contribution in [2.24, 2.45) is 0 Å². The van der Waals surface area contributed by atoms with Crippen LogP contribution in [0.2, 0.25) is 0 Å². The molecule has 0 N–H and O–H groups in total. The fraction of sp³-hybridized carbons (Fsp3) is 0.870.